The van der Waals surface area contributed by atoms with Crippen molar-refractivity contribution in [1.29, 1.82) is 0 Å². The van der Waals surface area contributed by atoms with Crippen LogP contribution in [0.5, 0.6) is 0 Å². The maximum absolute atomic E-state index is 10.0. The van der Waals surface area contributed by atoms with E-state index in [0.717, 1.165) is 0 Å². The largest absolute Gasteiger partial charge is 0.480 e. The van der Waals surface area contributed by atoms with Crippen LogP contribution < -0.4 is 5.73 Å². The van der Waals surface area contributed by atoms with Crippen molar-refractivity contribution in [3.05, 3.63) is 0 Å². The number of carbonyl (C=O) groups is 1. The molecule has 0 saturated carbocycles. The second-order valence-corrected chi connectivity index (χ2v) is 2.11. The van der Waals surface area contributed by atoms with Crippen LogP contribution in [0.3, 0.4) is 0 Å². The Morgan fingerprint density at radius 3 is 1.89 bits per heavy atom. The van der Waals surface area contributed by atoms with Crippen molar-refractivity contribution in [1.82, 2.24) is 0 Å². The predicted molar refractivity (Wildman–Crippen MR) is 30.4 cm³/mol. The van der Waals surface area contributed by atoms with Gasteiger partial charge in [0.25, 0.3) is 0 Å². The first-order valence-electron chi connectivity index (χ1n) is 2.54. The Balaban J connectivity index is 0. The van der Waals surface area contributed by atoms with Gasteiger partial charge in [0.1, 0.15) is 6.04 Å². The van der Waals surface area contributed by atoms with Crippen molar-refractivity contribution in [2.45, 2.75) is 19.9 Å². The molecule has 3 nitrogen and oxygen atoms in total. The van der Waals surface area contributed by atoms with E-state index in [4.69, 9.17) is 10.8 Å². The van der Waals surface area contributed by atoms with E-state index in [9.17, 15) is 4.79 Å². The molecule has 0 rings (SSSR count). The second kappa shape index (κ2) is 4.89. The molecule has 0 radical (unpaired) electrons. The van der Waals surface area contributed by atoms with E-state index in [1.807, 2.05) is 0 Å². The topological polar surface area (TPSA) is 63.3 Å². The Hall–Kier alpha value is 0.0534. The van der Waals surface area contributed by atoms with Gasteiger partial charge < -0.3 is 10.8 Å². The summed E-state index contributed by atoms with van der Waals surface area (Å²) in [5, 5.41) is 8.23. The Labute approximate surface area is 67.4 Å². The molecule has 0 aliphatic carbocycles. The summed E-state index contributed by atoms with van der Waals surface area (Å²) >= 11 is 0. The summed E-state index contributed by atoms with van der Waals surface area (Å²) in [6.45, 7) is 3.55. The van der Waals surface area contributed by atoms with Gasteiger partial charge in [-0.1, -0.05) is 13.8 Å². The number of rotatable bonds is 2. The monoisotopic (exact) mass is 181 g/mol. The summed E-state index contributed by atoms with van der Waals surface area (Å²) in [4.78, 5) is 10.0. The number of carboxylic acids is 1. The number of hydrogen-bond acceptors (Lipinski definition) is 2. The number of carboxylic acid groups (broad SMARTS) is 1. The molecule has 0 fully saturated rings. The first kappa shape index (κ1) is 11.8. The van der Waals surface area contributed by atoms with Gasteiger partial charge in [-0.05, 0) is 5.92 Å². The molecule has 0 aliphatic heterocycles. The van der Waals surface area contributed by atoms with Crippen LogP contribution in [0.4, 0.5) is 0 Å². The molecule has 0 aromatic rings. The van der Waals surface area contributed by atoms with E-state index < -0.39 is 12.0 Å². The SMILES string of the molecule is CC(C)[C@H](N)C(=O)O.[Zn]. The van der Waals surface area contributed by atoms with Gasteiger partial charge >= 0.3 is 5.97 Å². The van der Waals surface area contributed by atoms with Gasteiger partial charge in [0.05, 0.1) is 0 Å². The van der Waals surface area contributed by atoms with Crippen molar-refractivity contribution in [3.8, 4) is 0 Å². The molecule has 9 heavy (non-hydrogen) atoms. The van der Waals surface area contributed by atoms with Crippen molar-refractivity contribution < 1.29 is 29.4 Å². The quantitative estimate of drug-likeness (QED) is 0.594. The Morgan fingerprint density at radius 2 is 1.89 bits per heavy atom. The number of nitrogens with two attached hydrogens (primary N) is 1. The van der Waals surface area contributed by atoms with Gasteiger partial charge in [-0.15, -0.1) is 0 Å². The third-order valence-corrected chi connectivity index (χ3v) is 1.00. The molecule has 0 aromatic carbocycles. The van der Waals surface area contributed by atoms with Crippen LogP contribution in [-0.4, -0.2) is 17.1 Å². The molecular formula is C5H11NO2Zn. The van der Waals surface area contributed by atoms with E-state index in [1.54, 1.807) is 13.8 Å². The molecule has 0 unspecified atom stereocenters. The molecule has 0 bridgehead atoms. The van der Waals surface area contributed by atoms with Gasteiger partial charge in [-0.25, -0.2) is 0 Å². The fourth-order valence-electron chi connectivity index (χ4n) is 0.285. The smallest absolute Gasteiger partial charge is 0.320 e. The number of aliphatic carboxylic acids is 1. The van der Waals surface area contributed by atoms with Crippen LogP contribution in [0.2, 0.25) is 0 Å². The van der Waals surface area contributed by atoms with E-state index in [0.29, 0.717) is 0 Å². The molecular weight excluding hydrogens is 171 g/mol. The molecule has 0 spiro atoms. The van der Waals surface area contributed by atoms with E-state index in [-0.39, 0.29) is 25.4 Å². The van der Waals surface area contributed by atoms with Crippen LogP contribution in [0.15, 0.2) is 0 Å². The Kier molecular flexibility index (Phi) is 6.41. The molecule has 0 aromatic heterocycles. The van der Waals surface area contributed by atoms with Gasteiger partial charge in [-0.2, -0.15) is 0 Å². The summed E-state index contributed by atoms with van der Waals surface area (Å²) in [7, 11) is 0. The standard InChI is InChI=1S/C5H11NO2.Zn/c1-3(2)4(6)5(7)8;/h3-4H,6H2,1-2H3,(H,7,8);/t4-;/m0./s1. The summed E-state index contributed by atoms with van der Waals surface area (Å²) in [5.74, 6) is -0.910. The van der Waals surface area contributed by atoms with Crippen LogP contribution in [0.1, 0.15) is 13.8 Å². The third kappa shape index (κ3) is 4.55. The maximum atomic E-state index is 10.0. The molecule has 0 heterocycles. The average molecular weight is 183 g/mol. The number of hydrogen-bond donors (Lipinski definition) is 2. The summed E-state index contributed by atoms with van der Waals surface area (Å²) < 4.78 is 0. The molecule has 1 atom stereocenters. The minimum absolute atomic E-state index is 0. The zero-order valence-corrected chi connectivity index (χ0v) is 8.76. The van der Waals surface area contributed by atoms with E-state index in [1.165, 1.54) is 0 Å². The first-order valence-corrected chi connectivity index (χ1v) is 2.54. The third-order valence-electron chi connectivity index (χ3n) is 1.00. The normalized spacial score (nSPS) is 12.4. The molecule has 3 N–H and O–H groups in total. The second-order valence-electron chi connectivity index (χ2n) is 2.11. The van der Waals surface area contributed by atoms with Gasteiger partial charge in [0, 0.05) is 19.5 Å². The van der Waals surface area contributed by atoms with E-state index >= 15 is 0 Å². The first-order chi connectivity index (χ1) is 3.55. The van der Waals surface area contributed by atoms with E-state index in [2.05, 4.69) is 0 Å². The minimum Gasteiger partial charge on any atom is -0.480 e. The molecule has 50 valence electrons. The Bertz CT molecular complexity index is 95.0. The predicted octanol–water partition coefficient (Wildman–Crippen LogP) is 0.0518. The van der Waals surface area contributed by atoms with Crippen molar-refractivity contribution >= 4 is 5.97 Å². The minimum atomic E-state index is -0.931. The molecule has 0 amide bonds. The average Bonchev–Trinajstić information content (AvgIpc) is 1.64. The van der Waals surface area contributed by atoms with Crippen molar-refractivity contribution in [2.24, 2.45) is 11.7 Å². The van der Waals surface area contributed by atoms with Gasteiger partial charge in [0.2, 0.25) is 0 Å². The molecule has 0 aliphatic rings. The van der Waals surface area contributed by atoms with Crippen molar-refractivity contribution in [2.75, 3.05) is 0 Å². The van der Waals surface area contributed by atoms with Crippen LogP contribution >= 0.6 is 0 Å². The van der Waals surface area contributed by atoms with Crippen molar-refractivity contribution in [3.63, 3.8) is 0 Å². The fourth-order valence-corrected chi connectivity index (χ4v) is 0.285. The van der Waals surface area contributed by atoms with Crippen LogP contribution in [0, 0.1) is 5.92 Å². The fraction of sp³-hybridized carbons (Fsp3) is 0.800. The zero-order valence-electron chi connectivity index (χ0n) is 5.79. The summed E-state index contributed by atoms with van der Waals surface area (Å²) in [6.07, 6.45) is 0. The molecule has 0 saturated heterocycles. The zero-order chi connectivity index (χ0) is 6.73. The van der Waals surface area contributed by atoms with Crippen LogP contribution in [0.25, 0.3) is 0 Å². The summed E-state index contributed by atoms with van der Waals surface area (Å²) in [5.41, 5.74) is 5.16. The molecule has 4 heteroatoms. The van der Waals surface area contributed by atoms with Gasteiger partial charge in [-0.3, -0.25) is 4.79 Å². The van der Waals surface area contributed by atoms with Crippen LogP contribution in [-0.2, 0) is 24.3 Å². The Morgan fingerprint density at radius 1 is 1.56 bits per heavy atom. The van der Waals surface area contributed by atoms with Gasteiger partial charge in [0.15, 0.2) is 0 Å². The summed E-state index contributed by atoms with van der Waals surface area (Å²) in [6, 6.07) is -0.713. The maximum Gasteiger partial charge on any atom is 0.320 e.